The van der Waals surface area contributed by atoms with Gasteiger partial charge in [0.15, 0.2) is 0 Å². The van der Waals surface area contributed by atoms with E-state index in [1.165, 1.54) is 0 Å². The Bertz CT molecular complexity index is 452. The molecule has 1 aliphatic rings. The van der Waals surface area contributed by atoms with Gasteiger partial charge in [0.25, 0.3) is 0 Å². The summed E-state index contributed by atoms with van der Waals surface area (Å²) in [6.45, 7) is 8.29. The third-order valence-corrected chi connectivity index (χ3v) is 3.34. The van der Waals surface area contributed by atoms with Gasteiger partial charge < -0.3 is 9.47 Å². The number of benzene rings is 1. The Balaban J connectivity index is 1.94. The van der Waals surface area contributed by atoms with Crippen LogP contribution in [0.15, 0.2) is 42.5 Å². The molecule has 3 nitrogen and oxygen atoms in total. The summed E-state index contributed by atoms with van der Waals surface area (Å²) in [5, 5.41) is 0. The van der Waals surface area contributed by atoms with Gasteiger partial charge in [0.05, 0.1) is 18.6 Å². The molecule has 0 aliphatic carbocycles. The maximum absolute atomic E-state index is 11.2. The first-order valence-electron chi connectivity index (χ1n) is 6.58. The molecule has 2 rings (SSSR count). The van der Waals surface area contributed by atoms with Crippen molar-refractivity contribution in [3.8, 4) is 0 Å². The van der Waals surface area contributed by atoms with Crippen LogP contribution < -0.4 is 0 Å². The molecule has 0 N–H and O–H groups in total. The molecule has 1 aromatic rings. The van der Waals surface area contributed by atoms with Crippen LogP contribution in [0.4, 0.5) is 0 Å². The number of cyclic esters (lactones) is 1. The topological polar surface area (TPSA) is 35.5 Å². The first kappa shape index (κ1) is 13.8. The molecule has 0 unspecified atom stereocenters. The van der Waals surface area contributed by atoms with Gasteiger partial charge >= 0.3 is 5.97 Å². The molecular formula is C16H20O3. The number of esters is 1. The standard InChI is InChI=1S/C16H20O3/c1-11(2)9-14(15-12(3)16(17)19-15)18-10-13-7-5-4-6-8-13/h4-8,12,14-15H,1,9-10H2,2-3H3/t12-,14-,15+/m0/s1. The summed E-state index contributed by atoms with van der Waals surface area (Å²) in [6.07, 6.45) is 0.466. The van der Waals surface area contributed by atoms with E-state index in [1.807, 2.05) is 44.2 Å². The summed E-state index contributed by atoms with van der Waals surface area (Å²) in [5.74, 6) is -0.222. The Morgan fingerprint density at radius 3 is 2.63 bits per heavy atom. The van der Waals surface area contributed by atoms with E-state index in [4.69, 9.17) is 9.47 Å². The summed E-state index contributed by atoms with van der Waals surface area (Å²) in [5.41, 5.74) is 2.15. The number of ether oxygens (including phenoxy) is 2. The lowest BCUT2D eigenvalue weighted by Crippen LogP contribution is -2.51. The molecule has 3 heteroatoms. The first-order valence-corrected chi connectivity index (χ1v) is 6.58. The second-order valence-electron chi connectivity index (χ2n) is 5.19. The van der Waals surface area contributed by atoms with E-state index in [2.05, 4.69) is 6.58 Å². The van der Waals surface area contributed by atoms with Crippen molar-refractivity contribution in [3.05, 3.63) is 48.0 Å². The van der Waals surface area contributed by atoms with Crippen molar-refractivity contribution < 1.29 is 14.3 Å². The van der Waals surface area contributed by atoms with Crippen molar-refractivity contribution >= 4 is 5.97 Å². The molecule has 1 fully saturated rings. The van der Waals surface area contributed by atoms with Crippen molar-refractivity contribution in [2.75, 3.05) is 0 Å². The Morgan fingerprint density at radius 2 is 2.11 bits per heavy atom. The summed E-state index contributed by atoms with van der Waals surface area (Å²) >= 11 is 0. The van der Waals surface area contributed by atoms with Gasteiger partial charge in [-0.1, -0.05) is 35.9 Å². The lowest BCUT2D eigenvalue weighted by Gasteiger charge is -2.38. The molecule has 0 radical (unpaired) electrons. The van der Waals surface area contributed by atoms with Crippen molar-refractivity contribution in [2.24, 2.45) is 5.92 Å². The Morgan fingerprint density at radius 1 is 1.42 bits per heavy atom. The van der Waals surface area contributed by atoms with Gasteiger partial charge in [0.2, 0.25) is 0 Å². The van der Waals surface area contributed by atoms with E-state index in [1.54, 1.807) is 0 Å². The van der Waals surface area contributed by atoms with Crippen LogP contribution in [0.3, 0.4) is 0 Å². The highest BCUT2D eigenvalue weighted by molar-refractivity contribution is 5.78. The van der Waals surface area contributed by atoms with Crippen LogP contribution in [0.5, 0.6) is 0 Å². The average Bonchev–Trinajstić information content (AvgIpc) is 2.41. The fourth-order valence-corrected chi connectivity index (χ4v) is 2.19. The summed E-state index contributed by atoms with van der Waals surface area (Å²) in [4.78, 5) is 11.2. The number of hydrogen-bond donors (Lipinski definition) is 0. The van der Waals surface area contributed by atoms with Crippen LogP contribution in [-0.4, -0.2) is 18.2 Å². The molecule has 102 valence electrons. The van der Waals surface area contributed by atoms with Crippen molar-refractivity contribution in [1.82, 2.24) is 0 Å². The van der Waals surface area contributed by atoms with Gasteiger partial charge in [-0.15, -0.1) is 6.58 Å². The number of carbonyl (C=O) groups is 1. The monoisotopic (exact) mass is 260 g/mol. The quantitative estimate of drug-likeness (QED) is 0.582. The minimum Gasteiger partial charge on any atom is -0.458 e. The zero-order valence-corrected chi connectivity index (χ0v) is 11.5. The molecule has 0 aromatic heterocycles. The maximum Gasteiger partial charge on any atom is 0.312 e. The average molecular weight is 260 g/mol. The lowest BCUT2D eigenvalue weighted by atomic mass is 9.91. The second-order valence-corrected chi connectivity index (χ2v) is 5.19. The van der Waals surface area contributed by atoms with E-state index in [0.29, 0.717) is 6.61 Å². The number of hydrogen-bond acceptors (Lipinski definition) is 3. The van der Waals surface area contributed by atoms with Crippen LogP contribution in [0.2, 0.25) is 0 Å². The van der Waals surface area contributed by atoms with Crippen molar-refractivity contribution in [1.29, 1.82) is 0 Å². The molecule has 1 aliphatic heterocycles. The van der Waals surface area contributed by atoms with Crippen LogP contribution in [-0.2, 0) is 20.9 Å². The Labute approximate surface area is 114 Å². The largest absolute Gasteiger partial charge is 0.458 e. The highest BCUT2D eigenvalue weighted by Crippen LogP contribution is 2.29. The zero-order chi connectivity index (χ0) is 13.8. The van der Waals surface area contributed by atoms with Crippen LogP contribution in [0.25, 0.3) is 0 Å². The van der Waals surface area contributed by atoms with Crippen LogP contribution >= 0.6 is 0 Å². The molecule has 1 heterocycles. The van der Waals surface area contributed by atoms with E-state index in [-0.39, 0.29) is 24.1 Å². The second kappa shape index (κ2) is 6.02. The molecule has 0 bridgehead atoms. The predicted molar refractivity (Wildman–Crippen MR) is 73.5 cm³/mol. The van der Waals surface area contributed by atoms with Gasteiger partial charge in [-0.25, -0.2) is 0 Å². The zero-order valence-electron chi connectivity index (χ0n) is 11.5. The lowest BCUT2D eigenvalue weighted by molar-refractivity contribution is -0.201. The third-order valence-electron chi connectivity index (χ3n) is 3.34. The van der Waals surface area contributed by atoms with E-state index >= 15 is 0 Å². The molecular weight excluding hydrogens is 240 g/mol. The van der Waals surface area contributed by atoms with E-state index < -0.39 is 0 Å². The van der Waals surface area contributed by atoms with Gasteiger partial charge in [-0.05, 0) is 25.8 Å². The minimum atomic E-state index is -0.145. The highest BCUT2D eigenvalue weighted by Gasteiger charge is 2.44. The molecule has 1 saturated heterocycles. The number of rotatable bonds is 6. The Hall–Kier alpha value is -1.61. The molecule has 0 spiro atoms. The summed E-state index contributed by atoms with van der Waals surface area (Å²) in [6, 6.07) is 9.99. The SMILES string of the molecule is C=C(C)C[C@H](OCc1ccccc1)[C@@H]1OC(=O)[C@H]1C. The van der Waals surface area contributed by atoms with Gasteiger partial charge in [0.1, 0.15) is 6.10 Å². The third kappa shape index (κ3) is 3.44. The molecule has 0 saturated carbocycles. The smallest absolute Gasteiger partial charge is 0.312 e. The van der Waals surface area contributed by atoms with Crippen molar-refractivity contribution in [3.63, 3.8) is 0 Å². The van der Waals surface area contributed by atoms with Crippen LogP contribution in [0, 0.1) is 5.92 Å². The van der Waals surface area contributed by atoms with Gasteiger partial charge in [-0.2, -0.15) is 0 Å². The predicted octanol–water partition coefficient (Wildman–Crippen LogP) is 3.10. The van der Waals surface area contributed by atoms with Gasteiger partial charge in [0, 0.05) is 0 Å². The summed E-state index contributed by atoms with van der Waals surface area (Å²) < 4.78 is 11.1. The van der Waals surface area contributed by atoms with Crippen molar-refractivity contribution in [2.45, 2.75) is 39.1 Å². The van der Waals surface area contributed by atoms with E-state index in [0.717, 1.165) is 17.6 Å². The summed E-state index contributed by atoms with van der Waals surface area (Å²) in [7, 11) is 0. The van der Waals surface area contributed by atoms with Crippen LogP contribution in [0.1, 0.15) is 25.8 Å². The fraction of sp³-hybridized carbons (Fsp3) is 0.438. The first-order chi connectivity index (χ1) is 9.08. The van der Waals surface area contributed by atoms with Gasteiger partial charge in [-0.3, -0.25) is 4.79 Å². The highest BCUT2D eigenvalue weighted by atomic mass is 16.6. The Kier molecular flexibility index (Phi) is 4.38. The normalized spacial score (nSPS) is 23.4. The molecule has 0 amide bonds. The maximum atomic E-state index is 11.2. The molecule has 19 heavy (non-hydrogen) atoms. The number of carbonyl (C=O) groups excluding carboxylic acids is 1. The molecule has 3 atom stereocenters. The minimum absolute atomic E-state index is 0.0832. The van der Waals surface area contributed by atoms with E-state index in [9.17, 15) is 4.79 Å². The fourth-order valence-electron chi connectivity index (χ4n) is 2.19. The molecule has 1 aromatic carbocycles.